The van der Waals surface area contributed by atoms with Gasteiger partial charge in [0.15, 0.2) is 17.3 Å². The Bertz CT molecular complexity index is 1450. The van der Waals surface area contributed by atoms with Gasteiger partial charge in [-0.1, -0.05) is 18.2 Å². The zero-order valence-corrected chi connectivity index (χ0v) is 19.6. The number of nitrogens with zero attached hydrogens (tertiary/aromatic N) is 3. The number of carbonyl (C=O) groups is 1. The number of ether oxygens (including phenoxy) is 2. The third kappa shape index (κ3) is 5.07. The number of urea groups is 1. The van der Waals surface area contributed by atoms with Crippen molar-refractivity contribution in [2.24, 2.45) is 4.36 Å². The zero-order valence-electron chi connectivity index (χ0n) is 18.8. The minimum absolute atomic E-state index is 0.280. The molecule has 34 heavy (non-hydrogen) atoms. The Morgan fingerprint density at radius 1 is 0.882 bits per heavy atom. The number of methoxy groups -OCH3 is 2. The smallest absolute Gasteiger partial charge is 0.323 e. The molecule has 2 amide bonds. The highest BCUT2D eigenvalue weighted by molar-refractivity contribution is 7.93. The molecule has 0 saturated heterocycles. The summed E-state index contributed by atoms with van der Waals surface area (Å²) < 4.78 is 28.6. The van der Waals surface area contributed by atoms with Gasteiger partial charge in [-0.2, -0.15) is 4.36 Å². The molecule has 10 heteroatoms. The fourth-order valence-corrected chi connectivity index (χ4v) is 4.49. The molecule has 1 heterocycles. The van der Waals surface area contributed by atoms with E-state index in [0.717, 1.165) is 0 Å². The van der Waals surface area contributed by atoms with E-state index < -0.39 is 9.73 Å². The minimum atomic E-state index is -2.85. The molecule has 0 bridgehead atoms. The van der Waals surface area contributed by atoms with Crippen molar-refractivity contribution in [2.75, 3.05) is 31.1 Å². The van der Waals surface area contributed by atoms with E-state index in [9.17, 15) is 9.00 Å². The molecule has 0 saturated carbocycles. The van der Waals surface area contributed by atoms with Gasteiger partial charge in [-0.25, -0.2) is 19.0 Å². The Morgan fingerprint density at radius 3 is 2.15 bits per heavy atom. The largest absolute Gasteiger partial charge is 0.493 e. The summed E-state index contributed by atoms with van der Waals surface area (Å²) >= 11 is 0. The lowest BCUT2D eigenvalue weighted by molar-refractivity contribution is 0.262. The molecule has 9 nitrogen and oxygen atoms in total. The second-order valence-electron chi connectivity index (χ2n) is 7.28. The second-order valence-corrected chi connectivity index (χ2v) is 9.54. The van der Waals surface area contributed by atoms with Crippen molar-refractivity contribution >= 4 is 43.9 Å². The first kappa shape index (κ1) is 23.0. The fraction of sp³-hybridized carbons (Fsp3) is 0.125. The maximum Gasteiger partial charge on any atom is 0.323 e. The Kier molecular flexibility index (Phi) is 6.60. The van der Waals surface area contributed by atoms with Crippen LogP contribution in [0.25, 0.3) is 10.9 Å². The highest BCUT2D eigenvalue weighted by Gasteiger charge is 2.14. The van der Waals surface area contributed by atoms with E-state index in [4.69, 9.17) is 9.47 Å². The number of nitrogens with one attached hydrogen (secondary N) is 2. The van der Waals surface area contributed by atoms with E-state index >= 15 is 0 Å². The van der Waals surface area contributed by atoms with Crippen LogP contribution in [-0.4, -0.2) is 40.7 Å². The van der Waals surface area contributed by atoms with Gasteiger partial charge in [0.25, 0.3) is 0 Å². The molecule has 0 fully saturated rings. The quantitative estimate of drug-likeness (QED) is 0.400. The van der Waals surface area contributed by atoms with Crippen LogP contribution in [0.4, 0.5) is 22.0 Å². The van der Waals surface area contributed by atoms with E-state index in [1.165, 1.54) is 19.7 Å². The molecule has 4 rings (SSSR count). The average Bonchev–Trinajstić information content (AvgIpc) is 2.84. The third-order valence-electron chi connectivity index (χ3n) is 4.96. The molecule has 2 N–H and O–H groups in total. The number of benzene rings is 3. The molecule has 0 aliphatic carbocycles. The predicted octanol–water partition coefficient (Wildman–Crippen LogP) is 5.08. The number of hydrogen-bond acceptors (Lipinski definition) is 7. The molecule has 0 spiro atoms. The lowest BCUT2D eigenvalue weighted by Crippen LogP contribution is -2.19. The highest BCUT2D eigenvalue weighted by Crippen LogP contribution is 2.35. The summed E-state index contributed by atoms with van der Waals surface area (Å²) in [4.78, 5) is 21.2. The van der Waals surface area contributed by atoms with E-state index in [2.05, 4.69) is 25.0 Å². The number of anilines is 2. The predicted molar refractivity (Wildman–Crippen MR) is 133 cm³/mol. The molecule has 0 aliphatic rings. The van der Waals surface area contributed by atoms with Crippen molar-refractivity contribution in [3.05, 3.63) is 73.1 Å². The number of fused-ring (bicyclic) bond motifs is 1. The van der Waals surface area contributed by atoms with Crippen LogP contribution < -0.4 is 20.1 Å². The Balaban J connectivity index is 1.59. The summed E-state index contributed by atoms with van der Waals surface area (Å²) in [5.74, 6) is 1.30. The highest BCUT2D eigenvalue weighted by atomic mass is 32.2. The van der Waals surface area contributed by atoms with E-state index in [-0.39, 0.29) is 11.8 Å². The van der Waals surface area contributed by atoms with Gasteiger partial charge in [0.05, 0.1) is 29.5 Å². The molecule has 0 radical (unpaired) electrons. The molecule has 0 aliphatic heterocycles. The van der Waals surface area contributed by atoms with Gasteiger partial charge in [0, 0.05) is 34.0 Å². The summed E-state index contributed by atoms with van der Waals surface area (Å²) in [6.07, 6.45) is 2.90. The van der Waals surface area contributed by atoms with E-state index in [1.54, 1.807) is 55.6 Å². The molecule has 4 aromatic rings. The first-order valence-electron chi connectivity index (χ1n) is 10.2. The fourth-order valence-electron chi connectivity index (χ4n) is 3.27. The lowest BCUT2D eigenvalue weighted by Gasteiger charge is -2.11. The summed E-state index contributed by atoms with van der Waals surface area (Å²) in [6, 6.07) is 18.8. The van der Waals surface area contributed by atoms with Crippen molar-refractivity contribution < 1.29 is 18.5 Å². The minimum Gasteiger partial charge on any atom is -0.493 e. The van der Waals surface area contributed by atoms with E-state index in [0.29, 0.717) is 38.7 Å². The summed E-state index contributed by atoms with van der Waals surface area (Å²) in [7, 11) is 0.222. The molecule has 3 aromatic carbocycles. The zero-order chi connectivity index (χ0) is 24.1. The Hall–Kier alpha value is -4.18. The van der Waals surface area contributed by atoms with Crippen LogP contribution >= 0.6 is 0 Å². The number of rotatable bonds is 6. The van der Waals surface area contributed by atoms with Crippen molar-refractivity contribution in [3.8, 4) is 11.5 Å². The number of carbonyl (C=O) groups excluding carboxylic acids is 1. The van der Waals surface area contributed by atoms with Crippen LogP contribution in [0.1, 0.15) is 0 Å². The van der Waals surface area contributed by atoms with Crippen LogP contribution in [0.15, 0.2) is 82.3 Å². The van der Waals surface area contributed by atoms with Crippen molar-refractivity contribution in [1.29, 1.82) is 0 Å². The van der Waals surface area contributed by atoms with Crippen LogP contribution in [0, 0.1) is 0 Å². The topological polar surface area (TPSA) is 115 Å². The van der Waals surface area contributed by atoms with Gasteiger partial charge < -0.3 is 20.1 Å². The van der Waals surface area contributed by atoms with Gasteiger partial charge in [-0.15, -0.1) is 0 Å². The van der Waals surface area contributed by atoms with Crippen molar-refractivity contribution in [1.82, 2.24) is 9.97 Å². The van der Waals surface area contributed by atoms with Gasteiger partial charge in [-0.05, 0) is 42.5 Å². The third-order valence-corrected chi connectivity index (χ3v) is 6.63. The monoisotopic (exact) mass is 477 g/mol. The van der Waals surface area contributed by atoms with Crippen molar-refractivity contribution in [3.63, 3.8) is 0 Å². The summed E-state index contributed by atoms with van der Waals surface area (Å²) in [5.41, 5.74) is 1.82. The Labute approximate surface area is 197 Å². The molecular formula is C24H23N5O4S. The molecule has 1 atom stereocenters. The summed E-state index contributed by atoms with van der Waals surface area (Å²) in [5, 5.41) is 6.08. The van der Waals surface area contributed by atoms with Gasteiger partial charge in [-0.3, -0.25) is 0 Å². The maximum absolute atomic E-state index is 13.5. The SMILES string of the molecule is COc1cc2ncnc(N=S(C)(=O)c3ccc(NC(=O)Nc4ccccc4)cc3)c2cc1OC. The number of hydrogen-bond donors (Lipinski definition) is 2. The summed E-state index contributed by atoms with van der Waals surface area (Å²) in [6.45, 7) is 0. The van der Waals surface area contributed by atoms with Crippen LogP contribution in [-0.2, 0) is 9.73 Å². The van der Waals surface area contributed by atoms with Gasteiger partial charge in [0.2, 0.25) is 0 Å². The van der Waals surface area contributed by atoms with Crippen molar-refractivity contribution in [2.45, 2.75) is 4.90 Å². The van der Waals surface area contributed by atoms with E-state index in [1.807, 2.05) is 18.2 Å². The Morgan fingerprint density at radius 2 is 1.50 bits per heavy atom. The number of para-hydroxylation sites is 1. The normalized spacial score (nSPS) is 12.4. The standard InChI is InChI=1S/C24H23N5O4S/c1-32-21-13-19-20(14-22(21)33-2)25-15-26-23(19)29-34(3,31)18-11-9-17(10-12-18)28-24(30)27-16-7-5-4-6-8-16/h4-15H,1-3H3,(H2,27,28,30). The van der Waals surface area contributed by atoms with Crippen LogP contribution in [0.3, 0.4) is 0 Å². The van der Waals surface area contributed by atoms with Crippen LogP contribution in [0.2, 0.25) is 0 Å². The number of amides is 2. The molecule has 1 unspecified atom stereocenters. The first-order chi connectivity index (χ1) is 16.4. The van der Waals surface area contributed by atoms with Gasteiger partial charge >= 0.3 is 6.03 Å². The second kappa shape index (κ2) is 9.75. The number of aromatic nitrogens is 2. The lowest BCUT2D eigenvalue weighted by atomic mass is 10.2. The van der Waals surface area contributed by atoms with Gasteiger partial charge in [0.1, 0.15) is 6.33 Å². The average molecular weight is 478 g/mol. The maximum atomic E-state index is 13.5. The van der Waals surface area contributed by atoms with Crippen LogP contribution in [0.5, 0.6) is 11.5 Å². The molecule has 1 aromatic heterocycles. The molecular weight excluding hydrogens is 454 g/mol. The molecule has 174 valence electrons. The first-order valence-corrected chi connectivity index (χ1v) is 12.1.